The largest absolute Gasteiger partial charge is 0.435 e. The monoisotopic (exact) mass is 257 g/mol. The third kappa shape index (κ3) is 2.46. The number of hydrogen-bond acceptors (Lipinski definition) is 6. The van der Waals surface area contributed by atoms with Crippen LogP contribution in [0.25, 0.3) is 0 Å². The number of carbonyl (C=O) groups is 2. The fourth-order valence-corrected chi connectivity index (χ4v) is 3.19. The lowest BCUT2D eigenvalue weighted by Crippen LogP contribution is -2.23. The van der Waals surface area contributed by atoms with Crippen molar-refractivity contribution in [3.8, 4) is 0 Å². The molecule has 0 spiro atoms. The number of amides is 2. The Morgan fingerprint density at radius 1 is 1.71 bits per heavy atom. The Hall–Kier alpha value is -0.140. The van der Waals surface area contributed by atoms with Crippen LogP contribution in [-0.4, -0.2) is 34.4 Å². The molecule has 0 aliphatic carbocycles. The van der Waals surface area contributed by atoms with E-state index < -0.39 is 23.8 Å². The molecule has 1 N–H and O–H groups in total. The maximum Gasteiger partial charge on any atom is 0.428 e. The van der Waals surface area contributed by atoms with Crippen molar-refractivity contribution in [1.29, 1.82) is 0 Å². The summed E-state index contributed by atoms with van der Waals surface area (Å²) >= 11 is 5.13. The molecule has 0 aromatic heterocycles. The van der Waals surface area contributed by atoms with Crippen LogP contribution in [0, 0.1) is 0 Å². The average molecular weight is 257 g/mol. The predicted molar refractivity (Wildman–Crippen MR) is 53.9 cm³/mol. The van der Waals surface area contributed by atoms with Gasteiger partial charge < -0.3 is 14.2 Å². The van der Waals surface area contributed by atoms with E-state index in [1.807, 2.05) is 0 Å². The minimum atomic E-state index is -3.17. The van der Waals surface area contributed by atoms with Gasteiger partial charge in [-0.1, -0.05) is 0 Å². The van der Waals surface area contributed by atoms with Gasteiger partial charge in [0, 0.05) is 7.11 Å². The molecule has 1 rings (SSSR count). The standard InChI is InChI=1S/C5H8NO5PS2/c1-3-4(7)6(5(8)11-3)14-12(9,13)10-2/h3H,1-2H3,(H,9,13). The van der Waals surface area contributed by atoms with Crippen LogP contribution in [0.5, 0.6) is 0 Å². The van der Waals surface area contributed by atoms with Crippen LogP contribution in [0.15, 0.2) is 0 Å². The molecule has 14 heavy (non-hydrogen) atoms. The molecular weight excluding hydrogens is 249 g/mol. The van der Waals surface area contributed by atoms with Gasteiger partial charge in [0.25, 0.3) is 11.6 Å². The van der Waals surface area contributed by atoms with E-state index in [-0.39, 0.29) is 0 Å². The Kier molecular flexibility index (Phi) is 3.54. The zero-order valence-electron chi connectivity index (χ0n) is 7.37. The second-order valence-corrected chi connectivity index (χ2v) is 8.38. The number of rotatable bonds is 3. The van der Waals surface area contributed by atoms with Gasteiger partial charge in [0.2, 0.25) is 0 Å². The first-order valence-corrected chi connectivity index (χ1v) is 7.55. The van der Waals surface area contributed by atoms with Crippen LogP contribution in [-0.2, 0) is 25.9 Å². The van der Waals surface area contributed by atoms with Gasteiger partial charge in [-0.3, -0.25) is 4.79 Å². The molecule has 1 aliphatic rings. The van der Waals surface area contributed by atoms with Crippen molar-refractivity contribution >= 4 is 41.1 Å². The first-order chi connectivity index (χ1) is 6.37. The first kappa shape index (κ1) is 11.9. The van der Waals surface area contributed by atoms with Crippen LogP contribution in [0.3, 0.4) is 0 Å². The molecule has 1 fully saturated rings. The highest BCUT2D eigenvalue weighted by Gasteiger charge is 2.41. The van der Waals surface area contributed by atoms with E-state index in [1.165, 1.54) is 14.0 Å². The van der Waals surface area contributed by atoms with Crippen molar-refractivity contribution in [3.63, 3.8) is 0 Å². The summed E-state index contributed by atoms with van der Waals surface area (Å²) in [7, 11) is 1.21. The molecule has 0 radical (unpaired) electrons. The van der Waals surface area contributed by atoms with Gasteiger partial charge in [-0.05, 0) is 18.7 Å². The molecule has 1 heterocycles. The van der Waals surface area contributed by atoms with Crippen molar-refractivity contribution in [2.75, 3.05) is 7.11 Å². The molecule has 0 aromatic carbocycles. The molecular formula is C5H8NO5PS2. The predicted octanol–water partition coefficient (Wildman–Crippen LogP) is 0.865. The molecule has 1 saturated heterocycles. The number of nitrogens with zero attached hydrogens (tertiary/aromatic N) is 1. The van der Waals surface area contributed by atoms with Crippen LogP contribution in [0.4, 0.5) is 4.79 Å². The van der Waals surface area contributed by atoms with Crippen LogP contribution < -0.4 is 0 Å². The van der Waals surface area contributed by atoms with Crippen molar-refractivity contribution in [2.24, 2.45) is 0 Å². The summed E-state index contributed by atoms with van der Waals surface area (Å²) < 4.78 is 9.86. The van der Waals surface area contributed by atoms with E-state index in [9.17, 15) is 14.5 Å². The Morgan fingerprint density at radius 2 is 2.29 bits per heavy atom. The Bertz CT molecular complexity index is 321. The van der Waals surface area contributed by atoms with E-state index in [0.717, 1.165) is 0 Å². The van der Waals surface area contributed by atoms with Gasteiger partial charge in [-0.15, -0.1) is 0 Å². The van der Waals surface area contributed by atoms with E-state index in [1.54, 1.807) is 0 Å². The summed E-state index contributed by atoms with van der Waals surface area (Å²) in [4.78, 5) is 31.7. The van der Waals surface area contributed by atoms with E-state index in [0.29, 0.717) is 15.9 Å². The van der Waals surface area contributed by atoms with Crippen molar-refractivity contribution in [2.45, 2.75) is 13.0 Å². The zero-order chi connectivity index (χ0) is 10.9. The van der Waals surface area contributed by atoms with Gasteiger partial charge in [-0.2, -0.15) is 4.31 Å². The highest BCUT2D eigenvalue weighted by atomic mass is 32.9. The molecule has 2 unspecified atom stereocenters. The number of carbonyl (C=O) groups excluding carboxylic acids is 2. The molecule has 9 heteroatoms. The zero-order valence-corrected chi connectivity index (χ0v) is 9.90. The second-order valence-electron chi connectivity index (χ2n) is 2.39. The van der Waals surface area contributed by atoms with Crippen molar-refractivity contribution < 1.29 is 23.7 Å². The van der Waals surface area contributed by atoms with Gasteiger partial charge in [0.1, 0.15) is 0 Å². The van der Waals surface area contributed by atoms with Gasteiger partial charge in [-0.25, -0.2) is 4.79 Å². The lowest BCUT2D eigenvalue weighted by Gasteiger charge is -2.15. The van der Waals surface area contributed by atoms with E-state index >= 15 is 0 Å². The summed E-state index contributed by atoms with van der Waals surface area (Å²) in [5.74, 6) is -0.541. The smallest absolute Gasteiger partial charge is 0.428 e. The van der Waals surface area contributed by atoms with E-state index in [4.69, 9.17) is 0 Å². The van der Waals surface area contributed by atoms with Crippen LogP contribution >= 0.6 is 17.3 Å². The highest BCUT2D eigenvalue weighted by molar-refractivity contribution is 8.67. The fraction of sp³-hybridized carbons (Fsp3) is 0.600. The number of imide groups is 1. The third-order valence-corrected chi connectivity index (χ3v) is 5.17. The lowest BCUT2D eigenvalue weighted by molar-refractivity contribution is -0.125. The topological polar surface area (TPSA) is 76.1 Å². The number of cyclic esters (lactones) is 1. The second kappa shape index (κ2) is 4.16. The Balaban J connectivity index is 2.75. The molecule has 2 atom stereocenters. The maximum absolute atomic E-state index is 11.3. The average Bonchev–Trinajstić information content (AvgIpc) is 2.32. The fourth-order valence-electron chi connectivity index (χ4n) is 0.715. The van der Waals surface area contributed by atoms with Crippen LogP contribution in [0.1, 0.15) is 6.92 Å². The maximum atomic E-state index is 11.3. The minimum absolute atomic E-state index is 0.498. The summed E-state index contributed by atoms with van der Waals surface area (Å²) in [5, 5.41) is 0. The summed E-state index contributed by atoms with van der Waals surface area (Å²) in [6, 6.07) is 0. The summed E-state index contributed by atoms with van der Waals surface area (Å²) in [6.07, 6.45) is -1.66. The van der Waals surface area contributed by atoms with Gasteiger partial charge in [0.05, 0.1) is 11.6 Å². The molecule has 80 valence electrons. The number of ether oxygens (including phenoxy) is 1. The quantitative estimate of drug-likeness (QED) is 0.593. The molecule has 2 amide bonds. The van der Waals surface area contributed by atoms with Crippen LogP contribution in [0.2, 0.25) is 0 Å². The molecule has 6 nitrogen and oxygen atoms in total. The molecule has 0 saturated carbocycles. The van der Waals surface area contributed by atoms with Gasteiger partial charge in [0.15, 0.2) is 6.10 Å². The summed E-state index contributed by atoms with van der Waals surface area (Å²) in [6.45, 7) is 1.44. The first-order valence-electron chi connectivity index (χ1n) is 3.50. The minimum Gasteiger partial charge on any atom is -0.435 e. The van der Waals surface area contributed by atoms with Crippen molar-refractivity contribution in [3.05, 3.63) is 0 Å². The Labute approximate surface area is 89.6 Å². The summed E-state index contributed by atoms with van der Waals surface area (Å²) in [5.41, 5.74) is -3.17. The molecule has 1 aliphatic heterocycles. The highest BCUT2D eigenvalue weighted by Crippen LogP contribution is 2.57. The Morgan fingerprint density at radius 3 is 2.64 bits per heavy atom. The third-order valence-electron chi connectivity index (χ3n) is 1.41. The van der Waals surface area contributed by atoms with E-state index in [2.05, 4.69) is 21.1 Å². The normalized spacial score (nSPS) is 26.2. The van der Waals surface area contributed by atoms with Gasteiger partial charge >= 0.3 is 6.09 Å². The molecule has 0 bridgehead atoms. The molecule has 0 aromatic rings. The lowest BCUT2D eigenvalue weighted by atomic mass is 10.4. The number of hydrogen-bond donors (Lipinski definition) is 1. The van der Waals surface area contributed by atoms with Crippen molar-refractivity contribution in [1.82, 2.24) is 4.31 Å². The SMILES string of the molecule is COP(O)(=S)SN1C(=O)OC(C)C1=O.